The summed E-state index contributed by atoms with van der Waals surface area (Å²) < 4.78 is 39.8. The number of anilines is 1. The highest BCUT2D eigenvalue weighted by Gasteiger charge is 2.49. The predicted octanol–water partition coefficient (Wildman–Crippen LogP) is 6.02. The lowest BCUT2D eigenvalue weighted by molar-refractivity contribution is -0.0229. The fraction of sp³-hybridized carbons (Fsp3) is 0.476. The predicted molar refractivity (Wildman–Crippen MR) is 211 cm³/mol. The summed E-state index contributed by atoms with van der Waals surface area (Å²) in [6, 6.07) is 9.45. The fourth-order valence-corrected chi connectivity index (χ4v) is 8.19. The number of nitrogens with one attached hydrogen (secondary N) is 2. The summed E-state index contributed by atoms with van der Waals surface area (Å²) >= 11 is 0. The topological polar surface area (TPSA) is 147 Å². The number of halogens is 2. The van der Waals surface area contributed by atoms with Crippen LogP contribution in [-0.2, 0) is 29.9 Å². The number of carbonyl (C=O) groups is 4. The van der Waals surface area contributed by atoms with Gasteiger partial charge in [-0.2, -0.15) is 5.10 Å². The standard InChI is InChI=1S/C42H51F2N9O5/c1-26-31(23-47-53(26)30-12-16-50(17-13-30)40(57)58-41(2,3)4)37(54)48-29-10-8-27(9-11-29)22-46-38(55)36-45-24-35-42(14-7-15-42)51(18-19-52(35)36)25-32-33(43)20-28(21-34(32)44)39(56)49(5)6/h8-11,20-21,23-24,30H,7,12-19,22,25H2,1-6H3,(H,46,55)(H,48,54). The lowest BCUT2D eigenvalue weighted by Crippen LogP contribution is -2.56. The largest absolute Gasteiger partial charge is 0.444 e. The molecule has 0 unspecified atom stereocenters. The molecule has 2 aromatic carbocycles. The van der Waals surface area contributed by atoms with Crippen LogP contribution in [0.3, 0.4) is 0 Å². The number of carbonyl (C=O) groups excluding carboxylic acids is 4. The summed E-state index contributed by atoms with van der Waals surface area (Å²) in [6.45, 7) is 9.64. The summed E-state index contributed by atoms with van der Waals surface area (Å²) in [7, 11) is 3.06. The molecule has 7 rings (SSSR count). The summed E-state index contributed by atoms with van der Waals surface area (Å²) in [5.74, 6) is -2.35. The number of piperidine rings is 1. The number of benzene rings is 2. The van der Waals surface area contributed by atoms with Crippen molar-refractivity contribution in [3.8, 4) is 0 Å². The number of imidazole rings is 1. The van der Waals surface area contributed by atoms with Crippen molar-refractivity contribution < 1.29 is 32.7 Å². The van der Waals surface area contributed by atoms with E-state index in [1.165, 1.54) is 19.0 Å². The maximum Gasteiger partial charge on any atom is 0.410 e. The van der Waals surface area contributed by atoms with E-state index in [1.807, 2.05) is 49.1 Å². The average Bonchev–Trinajstić information content (AvgIpc) is 3.78. The Balaban J connectivity index is 0.934. The van der Waals surface area contributed by atoms with Crippen molar-refractivity contribution in [3.63, 3.8) is 0 Å². The molecule has 2 fully saturated rings. The Hall–Kier alpha value is -5.64. The van der Waals surface area contributed by atoms with Gasteiger partial charge in [0.05, 0.1) is 35.2 Å². The van der Waals surface area contributed by atoms with Crippen molar-refractivity contribution in [1.82, 2.24) is 39.3 Å². The lowest BCUT2D eigenvalue weighted by atomic mass is 9.72. The van der Waals surface area contributed by atoms with E-state index >= 15 is 8.78 Å². The summed E-state index contributed by atoms with van der Waals surface area (Å²) in [5.41, 5.74) is 2.29. The van der Waals surface area contributed by atoms with Crippen LogP contribution in [-0.4, -0.2) is 97.2 Å². The minimum absolute atomic E-state index is 0.0264. The molecule has 58 heavy (non-hydrogen) atoms. The Morgan fingerprint density at radius 1 is 0.948 bits per heavy atom. The van der Waals surface area contributed by atoms with Gasteiger partial charge in [0.2, 0.25) is 0 Å². The molecule has 308 valence electrons. The van der Waals surface area contributed by atoms with E-state index in [0.717, 1.165) is 48.3 Å². The molecule has 4 aromatic rings. The van der Waals surface area contributed by atoms with Crippen molar-refractivity contribution >= 4 is 29.5 Å². The fourth-order valence-electron chi connectivity index (χ4n) is 8.19. The maximum atomic E-state index is 15.2. The zero-order chi connectivity index (χ0) is 41.5. The number of nitrogens with zero attached hydrogens (tertiary/aromatic N) is 7. The van der Waals surface area contributed by atoms with E-state index in [1.54, 1.807) is 29.4 Å². The number of hydrogen-bond acceptors (Lipinski definition) is 8. The third kappa shape index (κ3) is 8.06. The second kappa shape index (κ2) is 16.0. The molecule has 16 heteroatoms. The molecule has 0 radical (unpaired) electrons. The third-order valence-corrected chi connectivity index (χ3v) is 11.5. The van der Waals surface area contributed by atoms with E-state index in [4.69, 9.17) is 4.74 Å². The number of ether oxygens (including phenoxy) is 1. The van der Waals surface area contributed by atoms with Gasteiger partial charge in [0.15, 0.2) is 5.82 Å². The zero-order valence-corrected chi connectivity index (χ0v) is 33.9. The number of hydrogen-bond donors (Lipinski definition) is 2. The minimum Gasteiger partial charge on any atom is -0.444 e. The van der Waals surface area contributed by atoms with Crippen LogP contribution >= 0.6 is 0 Å². The van der Waals surface area contributed by atoms with Crippen molar-refractivity contribution in [2.24, 2.45) is 0 Å². The van der Waals surface area contributed by atoms with Gasteiger partial charge in [0, 0.05) is 75.9 Å². The molecule has 1 aliphatic carbocycles. The molecule has 3 aliphatic rings. The van der Waals surface area contributed by atoms with Crippen LogP contribution in [0.15, 0.2) is 48.8 Å². The number of amides is 4. The summed E-state index contributed by atoms with van der Waals surface area (Å²) in [6.07, 6.45) is 6.82. The average molecular weight is 800 g/mol. The van der Waals surface area contributed by atoms with Crippen molar-refractivity contribution in [2.45, 2.75) is 96.6 Å². The monoisotopic (exact) mass is 799 g/mol. The van der Waals surface area contributed by atoms with Crippen molar-refractivity contribution in [2.75, 3.05) is 39.0 Å². The van der Waals surface area contributed by atoms with Crippen LogP contribution in [0.5, 0.6) is 0 Å². The Morgan fingerprint density at radius 3 is 2.22 bits per heavy atom. The number of rotatable bonds is 9. The van der Waals surface area contributed by atoms with Gasteiger partial charge >= 0.3 is 6.09 Å². The Kier molecular flexibility index (Phi) is 11.2. The smallest absolute Gasteiger partial charge is 0.410 e. The Bertz CT molecular complexity index is 2190. The second-order valence-corrected chi connectivity index (χ2v) is 16.7. The van der Waals surface area contributed by atoms with E-state index in [9.17, 15) is 19.2 Å². The lowest BCUT2D eigenvalue weighted by Gasteiger charge is -2.53. The molecular weight excluding hydrogens is 749 g/mol. The molecule has 1 spiro atoms. The van der Waals surface area contributed by atoms with Gasteiger partial charge in [-0.25, -0.2) is 18.6 Å². The molecule has 4 amide bonds. The van der Waals surface area contributed by atoms with Gasteiger partial charge in [-0.15, -0.1) is 0 Å². The third-order valence-electron chi connectivity index (χ3n) is 11.5. The normalized spacial score (nSPS) is 16.7. The Morgan fingerprint density at radius 2 is 1.62 bits per heavy atom. The molecule has 1 saturated heterocycles. The van der Waals surface area contributed by atoms with Crippen LogP contribution in [0, 0.1) is 18.6 Å². The highest BCUT2D eigenvalue weighted by molar-refractivity contribution is 6.05. The van der Waals surface area contributed by atoms with Gasteiger partial charge in [-0.1, -0.05) is 12.1 Å². The first-order valence-corrected chi connectivity index (χ1v) is 19.8. The molecule has 0 atom stereocenters. The molecule has 2 aliphatic heterocycles. The first kappa shape index (κ1) is 40.6. The summed E-state index contributed by atoms with van der Waals surface area (Å²) in [4.78, 5) is 61.1. The minimum atomic E-state index is -0.761. The van der Waals surface area contributed by atoms with Gasteiger partial charge in [-0.3, -0.25) is 24.0 Å². The molecule has 4 heterocycles. The number of aromatic nitrogens is 4. The number of fused-ring (bicyclic) bond motifs is 2. The van der Waals surface area contributed by atoms with E-state index < -0.39 is 28.7 Å². The van der Waals surface area contributed by atoms with Gasteiger partial charge in [0.25, 0.3) is 17.7 Å². The first-order chi connectivity index (χ1) is 27.5. The first-order valence-electron chi connectivity index (χ1n) is 19.8. The SMILES string of the molecule is Cc1c(C(=O)Nc2ccc(CNC(=O)c3ncc4n3CCN(Cc3c(F)cc(C(=O)N(C)C)cc3F)C43CCC3)cc2)cnn1C1CCN(C(=O)OC(C)(C)C)CC1. The molecule has 0 bridgehead atoms. The quantitative estimate of drug-likeness (QED) is 0.209. The Labute approximate surface area is 336 Å². The highest BCUT2D eigenvalue weighted by Crippen LogP contribution is 2.49. The van der Waals surface area contributed by atoms with E-state index in [-0.39, 0.29) is 54.0 Å². The van der Waals surface area contributed by atoms with E-state index in [2.05, 4.69) is 25.6 Å². The van der Waals surface area contributed by atoms with E-state index in [0.29, 0.717) is 50.3 Å². The summed E-state index contributed by atoms with van der Waals surface area (Å²) in [5, 5.41) is 10.4. The van der Waals surface area contributed by atoms with Gasteiger partial charge < -0.3 is 29.7 Å². The zero-order valence-electron chi connectivity index (χ0n) is 33.9. The highest BCUT2D eigenvalue weighted by atomic mass is 19.1. The molecular formula is C42H51F2N9O5. The van der Waals surface area contributed by atoms with Crippen LogP contribution < -0.4 is 10.6 Å². The molecule has 14 nitrogen and oxygen atoms in total. The second-order valence-electron chi connectivity index (χ2n) is 16.7. The van der Waals surface area contributed by atoms with Crippen LogP contribution in [0.1, 0.15) is 113 Å². The van der Waals surface area contributed by atoms with Gasteiger partial charge in [0.1, 0.15) is 17.2 Å². The van der Waals surface area contributed by atoms with Crippen LogP contribution in [0.4, 0.5) is 19.3 Å². The molecule has 1 saturated carbocycles. The number of likely N-dealkylation sites (tertiary alicyclic amines) is 1. The molecule has 2 N–H and O–H groups in total. The van der Waals surface area contributed by atoms with Crippen molar-refractivity contribution in [3.05, 3.63) is 99.9 Å². The van der Waals surface area contributed by atoms with Gasteiger partial charge in [-0.05, 0) is 89.6 Å². The van der Waals surface area contributed by atoms with Crippen molar-refractivity contribution in [1.29, 1.82) is 0 Å². The van der Waals surface area contributed by atoms with Crippen LogP contribution in [0.2, 0.25) is 0 Å². The maximum absolute atomic E-state index is 15.2. The van der Waals surface area contributed by atoms with Crippen LogP contribution in [0.25, 0.3) is 0 Å². The molecule has 2 aromatic heterocycles.